The number of carboxylic acid groups (broad SMARTS) is 1. The molecule has 0 bridgehead atoms. The molecule has 1 atom stereocenters. The number of phenols is 1. The molecule has 4 N–H and O–H groups in total. The van der Waals surface area contributed by atoms with Crippen LogP contribution in [0.15, 0.2) is 22.8 Å². The van der Waals surface area contributed by atoms with Crippen LogP contribution in [0.25, 0.3) is 11.0 Å². The second kappa shape index (κ2) is 3.70. The Labute approximate surface area is 95.0 Å². The highest BCUT2D eigenvalue weighted by molar-refractivity contribution is 6.37. The molecule has 0 fully saturated rings. The van der Waals surface area contributed by atoms with Crippen molar-refractivity contribution < 1.29 is 19.4 Å². The second-order valence-corrected chi connectivity index (χ2v) is 3.65. The first-order chi connectivity index (χ1) is 7.52. The summed E-state index contributed by atoms with van der Waals surface area (Å²) in [5, 5.41) is 19.0. The number of hydrogen-bond donors (Lipinski definition) is 3. The third kappa shape index (κ3) is 1.50. The molecule has 2 rings (SSSR count). The Kier molecular flexibility index (Phi) is 2.49. The largest absolute Gasteiger partial charge is 0.506 e. The van der Waals surface area contributed by atoms with Crippen molar-refractivity contribution >= 4 is 28.5 Å². The van der Waals surface area contributed by atoms with Crippen LogP contribution >= 0.6 is 11.6 Å². The van der Waals surface area contributed by atoms with Crippen molar-refractivity contribution in [1.29, 1.82) is 0 Å². The van der Waals surface area contributed by atoms with Crippen molar-refractivity contribution in [2.45, 2.75) is 6.04 Å². The number of carbonyl (C=O) groups is 1. The maximum atomic E-state index is 10.7. The second-order valence-electron chi connectivity index (χ2n) is 3.28. The zero-order chi connectivity index (χ0) is 11.9. The van der Waals surface area contributed by atoms with Gasteiger partial charge in [0.2, 0.25) is 0 Å². The van der Waals surface area contributed by atoms with Gasteiger partial charge < -0.3 is 20.4 Å². The van der Waals surface area contributed by atoms with E-state index in [0.29, 0.717) is 11.0 Å². The lowest BCUT2D eigenvalue weighted by atomic mass is 10.0. The number of hydrogen-bond acceptors (Lipinski definition) is 4. The van der Waals surface area contributed by atoms with Crippen LogP contribution in [0.1, 0.15) is 11.6 Å². The number of carboxylic acids is 1. The lowest BCUT2D eigenvalue weighted by molar-refractivity contribution is -0.138. The predicted octanol–water partition coefficient (Wildman–Crippen LogP) is 1.88. The lowest BCUT2D eigenvalue weighted by Crippen LogP contribution is -2.20. The molecule has 84 valence electrons. The fourth-order valence-electron chi connectivity index (χ4n) is 1.45. The Morgan fingerprint density at radius 2 is 2.25 bits per heavy atom. The first-order valence-corrected chi connectivity index (χ1v) is 4.77. The number of aliphatic carboxylic acids is 1. The summed E-state index contributed by atoms with van der Waals surface area (Å²) >= 11 is 5.86. The van der Waals surface area contributed by atoms with E-state index in [1.807, 2.05) is 0 Å². The van der Waals surface area contributed by atoms with Crippen LogP contribution in [0.5, 0.6) is 5.75 Å². The summed E-state index contributed by atoms with van der Waals surface area (Å²) in [5.74, 6) is -1.58. The number of aromatic hydroxyl groups is 1. The Bertz CT molecular complexity index is 563. The molecule has 0 aliphatic rings. The van der Waals surface area contributed by atoms with Gasteiger partial charge in [0.1, 0.15) is 17.4 Å². The van der Waals surface area contributed by atoms with Gasteiger partial charge in [-0.25, -0.2) is 0 Å². The van der Waals surface area contributed by atoms with Crippen LogP contribution in [0.4, 0.5) is 0 Å². The van der Waals surface area contributed by atoms with Crippen LogP contribution in [0.2, 0.25) is 5.02 Å². The van der Waals surface area contributed by atoms with Crippen molar-refractivity contribution in [2.75, 3.05) is 0 Å². The zero-order valence-corrected chi connectivity index (χ0v) is 8.73. The van der Waals surface area contributed by atoms with Gasteiger partial charge in [-0.3, -0.25) is 4.79 Å². The van der Waals surface area contributed by atoms with E-state index in [0.717, 1.165) is 0 Å². The molecular formula is C10H8ClNO4. The smallest absolute Gasteiger partial charge is 0.325 e. The molecule has 0 spiro atoms. The molecule has 5 nitrogen and oxygen atoms in total. The number of rotatable bonds is 2. The quantitative estimate of drug-likeness (QED) is 0.746. The van der Waals surface area contributed by atoms with Crippen LogP contribution in [-0.2, 0) is 4.79 Å². The molecule has 2 aromatic rings. The maximum Gasteiger partial charge on any atom is 0.325 e. The summed E-state index contributed by atoms with van der Waals surface area (Å²) in [7, 11) is 0. The molecule has 6 heteroatoms. The Hall–Kier alpha value is -1.72. The van der Waals surface area contributed by atoms with Gasteiger partial charge in [-0.05, 0) is 12.1 Å². The van der Waals surface area contributed by atoms with Crippen molar-refractivity contribution in [3.05, 3.63) is 29.0 Å². The molecule has 0 saturated heterocycles. The highest BCUT2D eigenvalue weighted by Gasteiger charge is 2.22. The summed E-state index contributed by atoms with van der Waals surface area (Å²) in [4.78, 5) is 10.7. The topological polar surface area (TPSA) is 96.7 Å². The van der Waals surface area contributed by atoms with Gasteiger partial charge in [0.15, 0.2) is 0 Å². The molecule has 0 amide bonds. The van der Waals surface area contributed by atoms with Gasteiger partial charge in [-0.2, -0.15) is 0 Å². The van der Waals surface area contributed by atoms with E-state index >= 15 is 0 Å². The van der Waals surface area contributed by atoms with Crippen molar-refractivity contribution in [3.8, 4) is 5.75 Å². The van der Waals surface area contributed by atoms with Gasteiger partial charge in [-0.15, -0.1) is 0 Å². The first-order valence-electron chi connectivity index (χ1n) is 4.39. The summed E-state index contributed by atoms with van der Waals surface area (Å²) in [6.07, 6.45) is 1.39. The lowest BCUT2D eigenvalue weighted by Gasteiger charge is -2.10. The predicted molar refractivity (Wildman–Crippen MR) is 57.5 cm³/mol. The van der Waals surface area contributed by atoms with E-state index in [4.69, 9.17) is 26.9 Å². The van der Waals surface area contributed by atoms with Gasteiger partial charge >= 0.3 is 5.97 Å². The summed E-state index contributed by atoms with van der Waals surface area (Å²) in [6, 6.07) is 1.61. The Morgan fingerprint density at radius 3 is 2.88 bits per heavy atom. The third-order valence-corrected chi connectivity index (χ3v) is 2.68. The molecule has 0 aliphatic heterocycles. The van der Waals surface area contributed by atoms with E-state index in [1.54, 1.807) is 6.07 Å². The van der Waals surface area contributed by atoms with Crippen LogP contribution in [0.3, 0.4) is 0 Å². The molecule has 1 aromatic heterocycles. The minimum Gasteiger partial charge on any atom is -0.506 e. The fraction of sp³-hybridized carbons (Fsp3) is 0.100. The number of furan rings is 1. The first kappa shape index (κ1) is 10.8. The van der Waals surface area contributed by atoms with Crippen molar-refractivity contribution in [2.24, 2.45) is 5.73 Å². The fourth-order valence-corrected chi connectivity index (χ4v) is 1.71. The SMILES string of the molecule is NC(C(=O)O)c1cc2occc2c(Cl)c1O. The average molecular weight is 242 g/mol. The Balaban J connectivity index is 2.70. The highest BCUT2D eigenvalue weighted by Crippen LogP contribution is 2.38. The monoisotopic (exact) mass is 241 g/mol. The molecular weight excluding hydrogens is 234 g/mol. The molecule has 1 aromatic carbocycles. The average Bonchev–Trinajstić information content (AvgIpc) is 2.70. The molecule has 1 unspecified atom stereocenters. The van der Waals surface area contributed by atoms with Crippen LogP contribution < -0.4 is 5.73 Å². The summed E-state index contributed by atoms with van der Waals surface area (Å²) in [5.41, 5.74) is 5.82. The van der Waals surface area contributed by atoms with Gasteiger partial charge in [-0.1, -0.05) is 11.6 Å². The van der Waals surface area contributed by atoms with Gasteiger partial charge in [0, 0.05) is 10.9 Å². The molecule has 0 saturated carbocycles. The maximum absolute atomic E-state index is 10.7. The molecule has 1 heterocycles. The van der Waals surface area contributed by atoms with E-state index in [9.17, 15) is 9.90 Å². The number of benzene rings is 1. The van der Waals surface area contributed by atoms with E-state index in [1.165, 1.54) is 12.3 Å². The standard InChI is InChI=1S/C10H8ClNO4/c11-7-4-1-2-16-6(4)3-5(9(7)13)8(12)10(14)15/h1-3,8,13H,12H2,(H,14,15). The third-order valence-electron chi connectivity index (χ3n) is 2.30. The number of phenolic OH excluding ortho intramolecular Hbond substituents is 1. The molecule has 16 heavy (non-hydrogen) atoms. The normalized spacial score (nSPS) is 12.9. The number of fused-ring (bicyclic) bond motifs is 1. The summed E-state index contributed by atoms with van der Waals surface area (Å²) in [6.45, 7) is 0. The van der Waals surface area contributed by atoms with Crippen LogP contribution in [-0.4, -0.2) is 16.2 Å². The number of nitrogens with two attached hydrogens (primary N) is 1. The summed E-state index contributed by atoms with van der Waals surface area (Å²) < 4.78 is 5.08. The van der Waals surface area contributed by atoms with Gasteiger partial charge in [0.05, 0.1) is 11.3 Å². The molecule has 0 aliphatic carbocycles. The molecule has 0 radical (unpaired) electrons. The Morgan fingerprint density at radius 1 is 1.56 bits per heavy atom. The van der Waals surface area contributed by atoms with Crippen molar-refractivity contribution in [3.63, 3.8) is 0 Å². The van der Waals surface area contributed by atoms with Crippen LogP contribution in [0, 0.1) is 0 Å². The van der Waals surface area contributed by atoms with Gasteiger partial charge in [0.25, 0.3) is 0 Å². The van der Waals surface area contributed by atoms with E-state index in [2.05, 4.69) is 0 Å². The zero-order valence-electron chi connectivity index (χ0n) is 7.98. The number of halogens is 1. The van der Waals surface area contributed by atoms with E-state index < -0.39 is 12.0 Å². The van der Waals surface area contributed by atoms with E-state index in [-0.39, 0.29) is 16.3 Å². The van der Waals surface area contributed by atoms with Crippen molar-refractivity contribution in [1.82, 2.24) is 0 Å². The highest BCUT2D eigenvalue weighted by atomic mass is 35.5. The minimum atomic E-state index is -1.34. The minimum absolute atomic E-state index is 0.0277.